The first-order chi connectivity index (χ1) is 14.3. The lowest BCUT2D eigenvalue weighted by molar-refractivity contribution is 0.0972. The molecule has 0 unspecified atom stereocenters. The van der Waals surface area contributed by atoms with E-state index < -0.39 is 0 Å². The zero-order valence-corrected chi connectivity index (χ0v) is 16.3. The minimum atomic E-state index is 0.0588. The van der Waals surface area contributed by atoms with E-state index in [0.29, 0.717) is 13.1 Å². The van der Waals surface area contributed by atoms with E-state index in [4.69, 9.17) is 4.74 Å². The van der Waals surface area contributed by atoms with Crippen molar-refractivity contribution in [3.05, 3.63) is 95.7 Å². The predicted octanol–water partition coefficient (Wildman–Crippen LogP) is 4.90. The molecule has 29 heavy (non-hydrogen) atoms. The van der Waals surface area contributed by atoms with Crippen molar-refractivity contribution < 1.29 is 9.53 Å². The second-order valence-corrected chi connectivity index (χ2v) is 7.32. The van der Waals surface area contributed by atoms with Crippen LogP contribution in [0.1, 0.15) is 21.6 Å². The van der Waals surface area contributed by atoms with Crippen LogP contribution in [0.5, 0.6) is 5.75 Å². The van der Waals surface area contributed by atoms with Crippen LogP contribution in [0, 0.1) is 0 Å². The van der Waals surface area contributed by atoms with Crippen LogP contribution in [0.25, 0.3) is 10.9 Å². The fourth-order valence-electron chi connectivity index (χ4n) is 4.27. The SMILES string of the molecule is COc1ccc2c(c1)c1c(n2Cc2ccccc2)C(=O)N(c2ccccc2)CC1. The van der Waals surface area contributed by atoms with Gasteiger partial charge in [0.15, 0.2) is 0 Å². The molecule has 4 nitrogen and oxygen atoms in total. The molecule has 0 fully saturated rings. The highest BCUT2D eigenvalue weighted by molar-refractivity contribution is 6.11. The van der Waals surface area contributed by atoms with Gasteiger partial charge in [0.2, 0.25) is 0 Å². The number of fused-ring (bicyclic) bond motifs is 3. The van der Waals surface area contributed by atoms with E-state index in [1.165, 1.54) is 5.56 Å². The molecule has 0 saturated heterocycles. The van der Waals surface area contributed by atoms with E-state index in [1.54, 1.807) is 7.11 Å². The molecule has 2 heterocycles. The molecule has 0 saturated carbocycles. The van der Waals surface area contributed by atoms with Crippen molar-refractivity contribution in [2.75, 3.05) is 18.6 Å². The van der Waals surface area contributed by atoms with Crippen molar-refractivity contribution in [3.63, 3.8) is 0 Å². The van der Waals surface area contributed by atoms with Crippen LogP contribution in [-0.4, -0.2) is 24.1 Å². The van der Waals surface area contributed by atoms with Crippen LogP contribution in [0.3, 0.4) is 0 Å². The van der Waals surface area contributed by atoms with Gasteiger partial charge >= 0.3 is 0 Å². The summed E-state index contributed by atoms with van der Waals surface area (Å²) in [4.78, 5) is 15.5. The van der Waals surface area contributed by atoms with Gasteiger partial charge in [0.1, 0.15) is 11.4 Å². The fourth-order valence-corrected chi connectivity index (χ4v) is 4.27. The molecule has 1 aliphatic rings. The molecule has 1 aromatic heterocycles. The summed E-state index contributed by atoms with van der Waals surface area (Å²) in [6.07, 6.45) is 0.821. The van der Waals surface area contributed by atoms with Gasteiger partial charge in [-0.05, 0) is 47.9 Å². The molecule has 0 spiro atoms. The number of para-hydroxylation sites is 1. The van der Waals surface area contributed by atoms with Crippen molar-refractivity contribution in [2.45, 2.75) is 13.0 Å². The number of benzene rings is 3. The van der Waals surface area contributed by atoms with Gasteiger partial charge in [0.25, 0.3) is 5.91 Å². The summed E-state index contributed by atoms with van der Waals surface area (Å²) in [5.41, 5.74) is 5.09. The van der Waals surface area contributed by atoms with Gasteiger partial charge in [-0.3, -0.25) is 4.79 Å². The highest BCUT2D eigenvalue weighted by Gasteiger charge is 2.31. The molecule has 1 aliphatic heterocycles. The van der Waals surface area contributed by atoms with E-state index in [0.717, 1.165) is 40.0 Å². The van der Waals surface area contributed by atoms with Crippen molar-refractivity contribution in [3.8, 4) is 5.75 Å². The lowest BCUT2D eigenvalue weighted by Crippen LogP contribution is -2.38. The normalized spacial score (nSPS) is 13.6. The summed E-state index contributed by atoms with van der Waals surface area (Å²) < 4.78 is 7.62. The third-order valence-corrected chi connectivity index (χ3v) is 5.66. The molecule has 0 bridgehead atoms. The van der Waals surface area contributed by atoms with Crippen molar-refractivity contribution >= 4 is 22.5 Å². The number of aromatic nitrogens is 1. The minimum Gasteiger partial charge on any atom is -0.497 e. The Kier molecular flexibility index (Phi) is 4.32. The number of amides is 1. The lowest BCUT2D eigenvalue weighted by atomic mass is 10.0. The number of anilines is 1. The largest absolute Gasteiger partial charge is 0.497 e. The highest BCUT2D eigenvalue weighted by atomic mass is 16.5. The molecule has 5 rings (SSSR count). The van der Waals surface area contributed by atoms with Gasteiger partial charge in [-0.2, -0.15) is 0 Å². The Morgan fingerprint density at radius 2 is 1.66 bits per heavy atom. The van der Waals surface area contributed by atoms with E-state index in [-0.39, 0.29) is 5.91 Å². The molecular formula is C25H22N2O2. The number of carbonyl (C=O) groups is 1. The molecule has 0 N–H and O–H groups in total. The first-order valence-electron chi connectivity index (χ1n) is 9.86. The number of hydrogen-bond donors (Lipinski definition) is 0. The number of methoxy groups -OCH3 is 1. The van der Waals surface area contributed by atoms with Gasteiger partial charge in [-0.15, -0.1) is 0 Å². The smallest absolute Gasteiger partial charge is 0.275 e. The van der Waals surface area contributed by atoms with Gasteiger partial charge in [0.05, 0.1) is 7.11 Å². The van der Waals surface area contributed by atoms with Crippen molar-refractivity contribution in [2.24, 2.45) is 0 Å². The Morgan fingerprint density at radius 1 is 0.931 bits per heavy atom. The molecular weight excluding hydrogens is 360 g/mol. The first-order valence-corrected chi connectivity index (χ1v) is 9.86. The molecule has 3 aromatic carbocycles. The van der Waals surface area contributed by atoms with E-state index >= 15 is 0 Å². The number of rotatable bonds is 4. The van der Waals surface area contributed by atoms with E-state index in [9.17, 15) is 4.79 Å². The maximum absolute atomic E-state index is 13.6. The average molecular weight is 382 g/mol. The summed E-state index contributed by atoms with van der Waals surface area (Å²) in [5, 5.41) is 1.11. The van der Waals surface area contributed by atoms with Crippen LogP contribution < -0.4 is 9.64 Å². The summed E-state index contributed by atoms with van der Waals surface area (Å²) in [6, 6.07) is 26.3. The Hall–Kier alpha value is -3.53. The number of ether oxygens (including phenoxy) is 1. The fraction of sp³-hybridized carbons (Fsp3) is 0.160. The summed E-state index contributed by atoms with van der Waals surface area (Å²) in [6.45, 7) is 1.34. The number of nitrogens with zero attached hydrogens (tertiary/aromatic N) is 2. The zero-order chi connectivity index (χ0) is 19.8. The Morgan fingerprint density at radius 3 is 2.38 bits per heavy atom. The summed E-state index contributed by atoms with van der Waals surface area (Å²) in [5.74, 6) is 0.874. The second-order valence-electron chi connectivity index (χ2n) is 7.32. The van der Waals surface area contributed by atoms with E-state index in [1.807, 2.05) is 59.5 Å². The number of hydrogen-bond acceptors (Lipinski definition) is 2. The maximum Gasteiger partial charge on any atom is 0.275 e. The third-order valence-electron chi connectivity index (χ3n) is 5.66. The predicted molar refractivity (Wildman–Crippen MR) is 116 cm³/mol. The molecule has 0 atom stereocenters. The van der Waals surface area contributed by atoms with Gasteiger partial charge in [-0.1, -0.05) is 48.5 Å². The summed E-state index contributed by atoms with van der Waals surface area (Å²) in [7, 11) is 1.68. The van der Waals surface area contributed by atoms with Crippen LogP contribution in [-0.2, 0) is 13.0 Å². The molecule has 4 heteroatoms. The average Bonchev–Trinajstić information content (AvgIpc) is 3.09. The number of carbonyl (C=O) groups excluding carboxylic acids is 1. The van der Waals surface area contributed by atoms with E-state index in [2.05, 4.69) is 28.8 Å². The van der Waals surface area contributed by atoms with Gasteiger partial charge in [0, 0.05) is 29.7 Å². The van der Waals surface area contributed by atoms with Crippen LogP contribution in [0.2, 0.25) is 0 Å². The molecule has 0 radical (unpaired) electrons. The Labute approximate surface area is 170 Å². The first kappa shape index (κ1) is 17.6. The zero-order valence-electron chi connectivity index (χ0n) is 16.3. The highest BCUT2D eigenvalue weighted by Crippen LogP contribution is 2.35. The Bertz CT molecular complexity index is 1180. The van der Waals surface area contributed by atoms with Gasteiger partial charge in [-0.25, -0.2) is 0 Å². The topological polar surface area (TPSA) is 34.5 Å². The quantitative estimate of drug-likeness (QED) is 0.503. The van der Waals surface area contributed by atoms with Crippen molar-refractivity contribution in [1.82, 2.24) is 4.57 Å². The molecule has 144 valence electrons. The lowest BCUT2D eigenvalue weighted by Gasteiger charge is -2.28. The molecule has 0 aliphatic carbocycles. The Balaban J connectivity index is 1.69. The maximum atomic E-state index is 13.6. The monoisotopic (exact) mass is 382 g/mol. The third kappa shape index (κ3) is 2.97. The molecule has 1 amide bonds. The van der Waals surface area contributed by atoms with Gasteiger partial charge < -0.3 is 14.2 Å². The summed E-state index contributed by atoms with van der Waals surface area (Å²) >= 11 is 0. The molecule has 4 aromatic rings. The minimum absolute atomic E-state index is 0.0588. The standard InChI is InChI=1S/C25H22N2O2/c1-29-20-12-13-23-22(16-20)21-14-15-26(19-10-6-3-7-11-19)25(28)24(21)27(23)17-18-8-4-2-5-9-18/h2-13,16H,14-15,17H2,1H3. The van der Waals surface area contributed by atoms with Crippen LogP contribution in [0.15, 0.2) is 78.9 Å². The second kappa shape index (κ2) is 7.13. The van der Waals surface area contributed by atoms with Crippen LogP contribution >= 0.6 is 0 Å². The van der Waals surface area contributed by atoms with Crippen molar-refractivity contribution in [1.29, 1.82) is 0 Å². The van der Waals surface area contributed by atoms with Crippen LogP contribution in [0.4, 0.5) is 5.69 Å².